The summed E-state index contributed by atoms with van der Waals surface area (Å²) in [5, 5.41) is 0. The second kappa shape index (κ2) is 21.8. The van der Waals surface area contributed by atoms with Crippen LogP contribution in [0.3, 0.4) is 0 Å². The second-order valence-electron chi connectivity index (χ2n) is 6.90. The molecule has 6 nitrogen and oxygen atoms in total. The van der Waals surface area contributed by atoms with Crippen molar-refractivity contribution in [3.8, 4) is 0 Å². The van der Waals surface area contributed by atoms with E-state index in [9.17, 15) is 13.0 Å². The fourth-order valence-corrected chi connectivity index (χ4v) is 6.07. The molecule has 0 saturated heterocycles. The molecule has 176 valence electrons. The van der Waals surface area contributed by atoms with Crippen LogP contribution in [0.2, 0.25) is 0 Å². The predicted molar refractivity (Wildman–Crippen MR) is 127 cm³/mol. The zero-order valence-corrected chi connectivity index (χ0v) is 21.6. The molecule has 0 aromatic carbocycles. The molecule has 0 aliphatic heterocycles. The molecular formula is C20H50N2O4S2. The van der Waals surface area contributed by atoms with Crippen molar-refractivity contribution in [2.45, 2.75) is 92.4 Å². The van der Waals surface area contributed by atoms with Crippen molar-refractivity contribution in [2.75, 3.05) is 39.3 Å². The first-order valence-corrected chi connectivity index (χ1v) is 14.2. The van der Waals surface area contributed by atoms with Gasteiger partial charge in [-0.05, 0) is 39.9 Å². The number of hydrogen-bond acceptors (Lipinski definition) is 5. The lowest BCUT2D eigenvalue weighted by Crippen LogP contribution is -2.32. The molecule has 0 rings (SSSR count). The molecule has 0 aromatic heterocycles. The molecule has 2 N–H and O–H groups in total. The van der Waals surface area contributed by atoms with E-state index >= 15 is 0 Å². The molecular weight excluding hydrogens is 396 g/mol. The van der Waals surface area contributed by atoms with E-state index in [0.717, 1.165) is 32.2 Å². The lowest BCUT2D eigenvalue weighted by Gasteiger charge is -2.36. The monoisotopic (exact) mass is 446 g/mol. The summed E-state index contributed by atoms with van der Waals surface area (Å²) in [5.41, 5.74) is 0. The number of hydrogen-bond donors (Lipinski definition) is 2. The van der Waals surface area contributed by atoms with Crippen LogP contribution in [0.4, 0.5) is 0 Å². The van der Waals surface area contributed by atoms with Gasteiger partial charge in [-0.1, -0.05) is 73.1 Å². The molecule has 0 fully saturated rings. The Kier molecular flexibility index (Phi) is 25.6. The van der Waals surface area contributed by atoms with E-state index in [-0.39, 0.29) is 5.75 Å². The quantitative estimate of drug-likeness (QED) is 0.311. The van der Waals surface area contributed by atoms with Crippen molar-refractivity contribution in [3.05, 3.63) is 0 Å². The van der Waals surface area contributed by atoms with Gasteiger partial charge >= 0.3 is 0 Å². The van der Waals surface area contributed by atoms with Crippen molar-refractivity contribution >= 4 is 20.8 Å². The van der Waals surface area contributed by atoms with Gasteiger partial charge in [0.25, 0.3) is 0 Å². The van der Waals surface area contributed by atoms with E-state index in [4.69, 9.17) is 4.18 Å². The molecule has 0 aromatic rings. The van der Waals surface area contributed by atoms with Crippen molar-refractivity contribution in [2.24, 2.45) is 0 Å². The van der Waals surface area contributed by atoms with Gasteiger partial charge in [-0.3, -0.25) is 8.74 Å². The molecule has 0 bridgehead atoms. The van der Waals surface area contributed by atoms with E-state index in [2.05, 4.69) is 24.9 Å². The summed E-state index contributed by atoms with van der Waals surface area (Å²) in [6.45, 7) is 11.3. The van der Waals surface area contributed by atoms with Gasteiger partial charge in [0.15, 0.2) is 0 Å². The molecule has 28 heavy (non-hydrogen) atoms. The van der Waals surface area contributed by atoms with E-state index in [1.807, 2.05) is 32.8 Å². The number of nitrogens with zero attached hydrogens (tertiary/aromatic N) is 1. The van der Waals surface area contributed by atoms with Gasteiger partial charge < -0.3 is 4.90 Å². The number of unbranched alkanes of at least 4 members (excludes halogenated alkanes) is 6. The first-order chi connectivity index (χ1) is 13.2. The molecule has 1 unspecified atom stereocenters. The summed E-state index contributed by atoms with van der Waals surface area (Å²) in [6, 6.07) is 0. The van der Waals surface area contributed by atoms with Gasteiger partial charge in [0, 0.05) is 0 Å². The number of rotatable bonds is 15. The maximum Gasteiger partial charge on any atom is 0.228 e. The van der Waals surface area contributed by atoms with Crippen molar-refractivity contribution in [1.29, 1.82) is 0 Å². The lowest BCUT2D eigenvalue weighted by molar-refractivity contribution is 0.389. The SMILES string of the molecule is CC.CCC.CCCCCCCCS(O)(NS(=O)(=O)CCCCN(C)C)OC. The minimum Gasteiger partial charge on any atom is -0.309 e. The zero-order chi connectivity index (χ0) is 22.5. The van der Waals surface area contributed by atoms with Crippen molar-refractivity contribution in [1.82, 2.24) is 9.03 Å². The summed E-state index contributed by atoms with van der Waals surface area (Å²) >= 11 is 0. The van der Waals surface area contributed by atoms with Gasteiger partial charge in [0.2, 0.25) is 10.0 Å². The Balaban J connectivity index is -0.00000113. The highest BCUT2D eigenvalue weighted by Gasteiger charge is 2.22. The average molecular weight is 447 g/mol. The maximum absolute atomic E-state index is 12.1. The van der Waals surface area contributed by atoms with Crippen LogP contribution in [0.15, 0.2) is 0 Å². The normalized spacial score (nSPS) is 14.4. The van der Waals surface area contributed by atoms with Crippen LogP contribution < -0.4 is 4.13 Å². The van der Waals surface area contributed by atoms with Crippen molar-refractivity contribution in [3.63, 3.8) is 0 Å². The highest BCUT2D eigenvalue weighted by atomic mass is 32.3. The molecule has 0 heterocycles. The summed E-state index contributed by atoms with van der Waals surface area (Å²) < 4.78 is 42.0. The molecule has 1 atom stereocenters. The van der Waals surface area contributed by atoms with Gasteiger partial charge in [-0.25, -0.2) is 8.42 Å². The maximum atomic E-state index is 12.1. The number of sulfonamides is 1. The third-order valence-corrected chi connectivity index (χ3v) is 7.85. The first kappa shape index (κ1) is 32.8. The van der Waals surface area contributed by atoms with Crippen molar-refractivity contribution < 1.29 is 17.2 Å². The summed E-state index contributed by atoms with van der Waals surface area (Å²) in [5.74, 6) is 0.378. The van der Waals surface area contributed by atoms with Gasteiger partial charge in [0.1, 0.15) is 0 Å². The largest absolute Gasteiger partial charge is 0.309 e. The fourth-order valence-electron chi connectivity index (χ4n) is 2.20. The highest BCUT2D eigenvalue weighted by molar-refractivity contribution is 8.28. The molecule has 0 aliphatic carbocycles. The van der Waals surface area contributed by atoms with Crippen LogP contribution in [0.5, 0.6) is 0 Å². The second-order valence-corrected chi connectivity index (χ2v) is 11.2. The Morgan fingerprint density at radius 2 is 1.32 bits per heavy atom. The summed E-state index contributed by atoms with van der Waals surface area (Å²) in [4.78, 5) is 2.02. The van der Waals surface area contributed by atoms with E-state index in [0.29, 0.717) is 12.2 Å². The Hall–Kier alpha value is 0.140. The molecule has 0 amide bonds. The Morgan fingerprint density at radius 3 is 1.79 bits per heavy atom. The van der Waals surface area contributed by atoms with Crippen LogP contribution in [0.1, 0.15) is 92.4 Å². The average Bonchev–Trinajstić information content (AvgIpc) is 2.63. The standard InChI is InChI=1S/C15H36N2O4S2.C3H8.C2H6/c1-5-6-7-8-9-11-15-23(20,21-4)16-22(18,19)14-12-10-13-17(2)3;1-3-2;1-2/h16,20H,5-15H2,1-4H3;3H2,1-2H3;1-2H3. The van der Waals surface area contributed by atoms with E-state index < -0.39 is 20.8 Å². The lowest BCUT2D eigenvalue weighted by atomic mass is 10.1. The predicted octanol–water partition coefficient (Wildman–Crippen LogP) is 5.80. The molecule has 0 spiro atoms. The minimum absolute atomic E-state index is 0.0238. The molecule has 0 aliphatic rings. The Bertz CT molecular complexity index is 407. The van der Waals surface area contributed by atoms with E-state index in [1.165, 1.54) is 32.8 Å². The van der Waals surface area contributed by atoms with Gasteiger partial charge in [0.05, 0.1) is 18.6 Å². The highest BCUT2D eigenvalue weighted by Crippen LogP contribution is 2.41. The molecule has 8 heteroatoms. The third kappa shape index (κ3) is 24.2. The summed E-state index contributed by atoms with van der Waals surface area (Å²) in [6.07, 6.45) is 9.12. The van der Waals surface area contributed by atoms with Crippen LogP contribution in [0.25, 0.3) is 0 Å². The molecule has 0 saturated carbocycles. The zero-order valence-electron chi connectivity index (χ0n) is 19.9. The van der Waals surface area contributed by atoms with Crippen LogP contribution in [-0.4, -0.2) is 57.1 Å². The number of nitrogens with one attached hydrogen (secondary N) is 1. The summed E-state index contributed by atoms with van der Waals surface area (Å²) in [7, 11) is -0.955. The van der Waals surface area contributed by atoms with Crippen LogP contribution in [0, 0.1) is 0 Å². The Labute approximate surface area is 178 Å². The Morgan fingerprint density at radius 1 is 0.857 bits per heavy atom. The van der Waals surface area contributed by atoms with Gasteiger partial charge in [-0.15, -0.1) is 14.9 Å². The van der Waals surface area contributed by atoms with Crippen LogP contribution >= 0.6 is 10.8 Å². The van der Waals surface area contributed by atoms with Crippen LogP contribution in [-0.2, 0) is 14.2 Å². The van der Waals surface area contributed by atoms with E-state index in [1.54, 1.807) is 0 Å². The fraction of sp³-hybridized carbons (Fsp3) is 1.00. The first-order valence-electron chi connectivity index (χ1n) is 10.9. The molecule has 0 radical (unpaired) electrons. The third-order valence-electron chi connectivity index (χ3n) is 3.58. The minimum atomic E-state index is -3.51. The topological polar surface area (TPSA) is 78.9 Å². The van der Waals surface area contributed by atoms with Gasteiger partial charge in [-0.2, -0.15) is 0 Å². The smallest absolute Gasteiger partial charge is 0.228 e.